The molecule has 216 valence electrons. The number of amides is 1. The van der Waals surface area contributed by atoms with Gasteiger partial charge in [0.25, 0.3) is 5.91 Å². The molecule has 0 spiro atoms. The van der Waals surface area contributed by atoms with E-state index in [1.807, 2.05) is 0 Å². The Bertz CT molecular complexity index is 1260. The third kappa shape index (κ3) is 8.08. The van der Waals surface area contributed by atoms with Crippen molar-refractivity contribution in [2.75, 3.05) is 34.5 Å². The van der Waals surface area contributed by atoms with Crippen LogP contribution in [-0.4, -0.2) is 56.5 Å². The lowest BCUT2D eigenvalue weighted by Crippen LogP contribution is -2.39. The quantitative estimate of drug-likeness (QED) is 0.241. The fraction of sp³-hybridized carbons (Fsp3) is 0.370. The van der Waals surface area contributed by atoms with E-state index in [-0.39, 0.29) is 31.0 Å². The molecule has 2 atom stereocenters. The van der Waals surface area contributed by atoms with Gasteiger partial charge in [0.15, 0.2) is 11.9 Å². The van der Waals surface area contributed by atoms with Gasteiger partial charge >= 0.3 is 13.6 Å². The van der Waals surface area contributed by atoms with Crippen molar-refractivity contribution in [3.8, 4) is 35.0 Å². The van der Waals surface area contributed by atoms with E-state index in [1.54, 1.807) is 76.4 Å². The van der Waals surface area contributed by atoms with E-state index in [0.29, 0.717) is 22.8 Å². The van der Waals surface area contributed by atoms with Crippen LogP contribution in [0.5, 0.6) is 35.0 Å². The van der Waals surface area contributed by atoms with Gasteiger partial charge in [0, 0.05) is 0 Å². The molecule has 40 heavy (non-hydrogen) atoms. The number of nitrogens with one attached hydrogen (secondary N) is 1. The number of benzene rings is 2. The summed E-state index contributed by atoms with van der Waals surface area (Å²) in [5, 5.41) is 2.78. The third-order valence-electron chi connectivity index (χ3n) is 5.44. The lowest BCUT2D eigenvalue weighted by Gasteiger charge is -2.28. The van der Waals surface area contributed by atoms with Gasteiger partial charge in [-0.3, -0.25) is 9.36 Å². The van der Waals surface area contributed by atoms with Crippen LogP contribution in [0.25, 0.3) is 0 Å². The fourth-order valence-corrected chi connectivity index (χ4v) is 5.43. The second-order valence-corrected chi connectivity index (χ2v) is 10.2. The number of carbonyl (C=O) groups excluding carboxylic acids is 1. The number of methoxy groups -OCH3 is 3. The predicted molar refractivity (Wildman–Crippen MR) is 146 cm³/mol. The van der Waals surface area contributed by atoms with Crippen LogP contribution in [0.4, 0.5) is 0 Å². The maximum Gasteiger partial charge on any atom is 0.357 e. The average Bonchev–Trinajstić information content (AvgIpc) is 2.96. The highest BCUT2D eigenvalue weighted by Gasteiger charge is 2.39. The van der Waals surface area contributed by atoms with Gasteiger partial charge in [0.2, 0.25) is 11.8 Å². The van der Waals surface area contributed by atoms with E-state index in [2.05, 4.69) is 15.3 Å². The minimum Gasteiger partial charge on any atom is -0.497 e. The molecule has 1 amide bonds. The lowest BCUT2D eigenvalue weighted by atomic mass is 10.2. The standard InChI is InChI=1S/C27H34N3O9P/c1-7-36-40(32,37-8-2)26(19-9-11-20(33-4)12-10-19)30-25(31)18(3)38-21-13-15-22(16-14-21)39-27-28-23(34-5)17-24(29-27)35-6/h9-18,26H,7-8H2,1-6H3,(H,30,31). The number of carbonyl (C=O) groups is 1. The molecule has 3 aromatic rings. The summed E-state index contributed by atoms with van der Waals surface area (Å²) >= 11 is 0. The topological polar surface area (TPSA) is 137 Å². The number of aromatic nitrogens is 2. The monoisotopic (exact) mass is 575 g/mol. The van der Waals surface area contributed by atoms with E-state index in [1.165, 1.54) is 20.3 Å². The average molecular weight is 576 g/mol. The van der Waals surface area contributed by atoms with Gasteiger partial charge in [0.05, 0.1) is 40.6 Å². The maximum atomic E-state index is 13.7. The van der Waals surface area contributed by atoms with E-state index < -0.39 is 25.4 Å². The molecule has 2 aromatic carbocycles. The maximum absolute atomic E-state index is 13.7. The molecule has 1 aromatic heterocycles. The van der Waals surface area contributed by atoms with Gasteiger partial charge in [0.1, 0.15) is 17.2 Å². The van der Waals surface area contributed by atoms with Gasteiger partial charge < -0.3 is 38.0 Å². The van der Waals surface area contributed by atoms with Gasteiger partial charge in [-0.2, -0.15) is 9.97 Å². The first-order valence-electron chi connectivity index (χ1n) is 12.5. The highest BCUT2D eigenvalue weighted by Crippen LogP contribution is 2.59. The van der Waals surface area contributed by atoms with Crippen LogP contribution in [0.3, 0.4) is 0 Å². The van der Waals surface area contributed by atoms with Crippen molar-refractivity contribution >= 4 is 13.5 Å². The second-order valence-electron chi connectivity index (χ2n) is 8.13. The molecule has 0 radical (unpaired) electrons. The van der Waals surface area contributed by atoms with E-state index in [9.17, 15) is 9.36 Å². The van der Waals surface area contributed by atoms with Crippen molar-refractivity contribution in [1.29, 1.82) is 0 Å². The summed E-state index contributed by atoms with van der Waals surface area (Å²) in [5.41, 5.74) is 0.532. The summed E-state index contributed by atoms with van der Waals surface area (Å²) in [6.45, 7) is 5.25. The molecule has 3 rings (SSSR count). The van der Waals surface area contributed by atoms with Crippen LogP contribution in [0, 0.1) is 0 Å². The van der Waals surface area contributed by atoms with Gasteiger partial charge in [-0.15, -0.1) is 0 Å². The van der Waals surface area contributed by atoms with Crippen molar-refractivity contribution < 1.29 is 42.1 Å². The first-order valence-corrected chi connectivity index (χ1v) is 14.1. The zero-order valence-corrected chi connectivity index (χ0v) is 24.2. The van der Waals surface area contributed by atoms with Crippen LogP contribution < -0.4 is 29.0 Å². The van der Waals surface area contributed by atoms with Crippen LogP contribution in [0.15, 0.2) is 54.6 Å². The zero-order valence-electron chi connectivity index (χ0n) is 23.3. The van der Waals surface area contributed by atoms with Crippen molar-refractivity contribution in [1.82, 2.24) is 15.3 Å². The van der Waals surface area contributed by atoms with Crippen LogP contribution in [0.2, 0.25) is 0 Å². The fourth-order valence-electron chi connectivity index (χ4n) is 3.52. The molecule has 0 saturated carbocycles. The number of hydrogen-bond acceptors (Lipinski definition) is 11. The molecule has 0 aliphatic carbocycles. The van der Waals surface area contributed by atoms with E-state index in [4.69, 9.17) is 32.7 Å². The molecule has 0 aliphatic rings. The third-order valence-corrected chi connectivity index (χ3v) is 7.73. The molecule has 0 bridgehead atoms. The molecular weight excluding hydrogens is 541 g/mol. The Morgan fingerprint density at radius 1 is 0.825 bits per heavy atom. The summed E-state index contributed by atoms with van der Waals surface area (Å²) in [4.78, 5) is 21.4. The number of hydrogen-bond donors (Lipinski definition) is 1. The Morgan fingerprint density at radius 2 is 1.35 bits per heavy atom. The van der Waals surface area contributed by atoms with Crippen LogP contribution in [0.1, 0.15) is 32.1 Å². The highest BCUT2D eigenvalue weighted by molar-refractivity contribution is 7.54. The normalized spacial score (nSPS) is 12.7. The van der Waals surface area contributed by atoms with Crippen molar-refractivity contribution in [2.45, 2.75) is 32.7 Å². The van der Waals surface area contributed by atoms with Crippen molar-refractivity contribution in [3.63, 3.8) is 0 Å². The van der Waals surface area contributed by atoms with Crippen LogP contribution >= 0.6 is 7.60 Å². The van der Waals surface area contributed by atoms with Crippen molar-refractivity contribution in [2.24, 2.45) is 0 Å². The van der Waals surface area contributed by atoms with Crippen molar-refractivity contribution in [3.05, 3.63) is 60.2 Å². The Balaban J connectivity index is 1.72. The summed E-state index contributed by atoms with van der Waals surface area (Å²) in [6, 6.07) is 14.9. The number of nitrogens with zero attached hydrogens (tertiary/aromatic N) is 2. The van der Waals surface area contributed by atoms with Gasteiger partial charge in [-0.25, -0.2) is 0 Å². The second kappa shape index (κ2) is 14.5. The first-order chi connectivity index (χ1) is 19.2. The number of rotatable bonds is 15. The molecule has 0 saturated heterocycles. The molecule has 2 unspecified atom stereocenters. The molecular formula is C27H34N3O9P. The van der Waals surface area contributed by atoms with E-state index >= 15 is 0 Å². The summed E-state index contributed by atoms with van der Waals surface area (Å²) in [6.07, 6.45) is -0.949. The molecule has 0 aliphatic heterocycles. The minimum atomic E-state index is -3.78. The number of ether oxygens (including phenoxy) is 5. The van der Waals surface area contributed by atoms with E-state index in [0.717, 1.165) is 0 Å². The zero-order chi connectivity index (χ0) is 29.1. The molecule has 12 nitrogen and oxygen atoms in total. The molecule has 0 fully saturated rings. The summed E-state index contributed by atoms with van der Waals surface area (Å²) < 4.78 is 51.7. The summed E-state index contributed by atoms with van der Waals surface area (Å²) in [5.74, 6) is 0.426. The SMILES string of the molecule is CCOP(=O)(OCC)C(NC(=O)C(C)Oc1ccc(Oc2nc(OC)cc(OC)n2)cc1)c1ccc(OC)cc1. The predicted octanol–water partition coefficient (Wildman–Crippen LogP) is 5.14. The summed E-state index contributed by atoms with van der Waals surface area (Å²) in [7, 11) is 0.711. The minimum absolute atomic E-state index is 0.0372. The highest BCUT2D eigenvalue weighted by atomic mass is 31.2. The Labute approximate surface area is 233 Å². The lowest BCUT2D eigenvalue weighted by molar-refractivity contribution is -0.127. The smallest absolute Gasteiger partial charge is 0.357 e. The Hall–Kier alpha value is -3.86. The molecule has 1 heterocycles. The Morgan fingerprint density at radius 3 is 1.85 bits per heavy atom. The molecule has 1 N–H and O–H groups in total. The van der Waals surface area contributed by atoms with Gasteiger partial charge in [-0.05, 0) is 62.7 Å². The van der Waals surface area contributed by atoms with Gasteiger partial charge in [-0.1, -0.05) is 12.1 Å². The molecule has 13 heteroatoms. The largest absolute Gasteiger partial charge is 0.497 e. The Kier molecular flexibility index (Phi) is 11.1. The van der Waals surface area contributed by atoms with Crippen LogP contribution in [-0.2, 0) is 18.4 Å². The first kappa shape index (κ1) is 30.7.